The van der Waals surface area contributed by atoms with Gasteiger partial charge < -0.3 is 10.3 Å². The minimum Gasteiger partial charge on any atom is -0.358 e. The van der Waals surface area contributed by atoms with Gasteiger partial charge in [0.25, 0.3) is 0 Å². The average Bonchev–Trinajstić information content (AvgIpc) is 3.62. The summed E-state index contributed by atoms with van der Waals surface area (Å²) in [5.74, 6) is 0. The summed E-state index contributed by atoms with van der Waals surface area (Å²) in [5.41, 5.74) is 8.27. The summed E-state index contributed by atoms with van der Waals surface area (Å²) >= 11 is 1.68. The zero-order chi connectivity index (χ0) is 23.1. The van der Waals surface area contributed by atoms with E-state index in [4.69, 9.17) is 0 Å². The van der Waals surface area contributed by atoms with Crippen molar-refractivity contribution in [2.24, 2.45) is 0 Å². The molecule has 6 aromatic rings. The largest absolute Gasteiger partial charge is 0.358 e. The van der Waals surface area contributed by atoms with Gasteiger partial charge in [0.1, 0.15) is 0 Å². The third-order valence-corrected chi connectivity index (χ3v) is 6.68. The molecule has 0 radical (unpaired) electrons. The lowest BCUT2D eigenvalue weighted by molar-refractivity contribution is 1.10. The number of allylic oxidation sites excluding steroid dienone is 1. The summed E-state index contributed by atoms with van der Waals surface area (Å²) in [5, 5.41) is 15.0. The van der Waals surface area contributed by atoms with E-state index in [0.29, 0.717) is 5.65 Å². The zero-order valence-electron chi connectivity index (χ0n) is 18.5. The van der Waals surface area contributed by atoms with Crippen molar-refractivity contribution in [3.8, 4) is 33.1 Å². The summed E-state index contributed by atoms with van der Waals surface area (Å²) in [6, 6.07) is 12.4. The van der Waals surface area contributed by atoms with E-state index < -0.39 is 0 Å². The number of fused-ring (bicyclic) bond motifs is 2. The standard InChI is InChI=1S/C26H21N7S/c1-3-15(2)30-18-9-16(12-27-14-18)17-10-20-24(32-33-26(20)29-13-17)22-11-19-21(31-22)6-7-28-25(19)23-5-4-8-34-23/h4-14,30-31H,2-3H2,1H3,(H,29,32,33). The van der Waals surface area contributed by atoms with Crippen LogP contribution in [0.25, 0.3) is 55.0 Å². The molecule has 0 saturated carbocycles. The first kappa shape index (κ1) is 20.3. The number of hydrogen-bond acceptors (Lipinski definition) is 6. The molecule has 34 heavy (non-hydrogen) atoms. The van der Waals surface area contributed by atoms with Crippen LogP contribution in [0.3, 0.4) is 0 Å². The Kier molecular flexibility index (Phi) is 4.92. The summed E-state index contributed by atoms with van der Waals surface area (Å²) in [4.78, 5) is 18.3. The first-order valence-electron chi connectivity index (χ1n) is 11.0. The number of H-pyrrole nitrogens is 2. The maximum Gasteiger partial charge on any atom is 0.181 e. The van der Waals surface area contributed by atoms with Crippen LogP contribution >= 0.6 is 11.3 Å². The van der Waals surface area contributed by atoms with Gasteiger partial charge in [-0.25, -0.2) is 4.98 Å². The molecule has 0 aliphatic rings. The van der Waals surface area contributed by atoms with E-state index in [9.17, 15) is 0 Å². The van der Waals surface area contributed by atoms with Crippen LogP contribution in [0, 0.1) is 0 Å². The van der Waals surface area contributed by atoms with Crippen LogP contribution in [-0.2, 0) is 0 Å². The van der Waals surface area contributed by atoms with Crippen LogP contribution in [0.1, 0.15) is 13.3 Å². The van der Waals surface area contributed by atoms with Gasteiger partial charge in [0.05, 0.1) is 33.8 Å². The van der Waals surface area contributed by atoms with Crippen LogP contribution in [0.4, 0.5) is 5.69 Å². The van der Waals surface area contributed by atoms with E-state index in [1.54, 1.807) is 17.5 Å². The van der Waals surface area contributed by atoms with Crippen molar-refractivity contribution in [3.05, 3.63) is 78.8 Å². The number of aromatic amines is 2. The molecule has 0 fully saturated rings. The van der Waals surface area contributed by atoms with Gasteiger partial charge >= 0.3 is 0 Å². The monoisotopic (exact) mass is 463 g/mol. The molecule has 0 amide bonds. The number of rotatable bonds is 6. The Labute approximate surface area is 199 Å². The van der Waals surface area contributed by atoms with Crippen LogP contribution < -0.4 is 5.32 Å². The van der Waals surface area contributed by atoms with Gasteiger partial charge in [0, 0.05) is 51.7 Å². The Bertz CT molecular complexity index is 1640. The van der Waals surface area contributed by atoms with Crippen LogP contribution in [0.15, 0.2) is 78.8 Å². The number of nitrogens with one attached hydrogen (secondary N) is 3. The summed E-state index contributed by atoms with van der Waals surface area (Å²) in [6.45, 7) is 6.08. The Hall–Kier alpha value is -4.30. The van der Waals surface area contributed by atoms with E-state index in [1.807, 2.05) is 30.7 Å². The van der Waals surface area contributed by atoms with Crippen LogP contribution in [-0.4, -0.2) is 30.1 Å². The van der Waals surface area contributed by atoms with E-state index in [0.717, 1.165) is 67.2 Å². The normalized spacial score (nSPS) is 11.3. The van der Waals surface area contributed by atoms with Gasteiger partial charge in [-0.05, 0) is 42.1 Å². The molecule has 6 aromatic heterocycles. The SMILES string of the molecule is C=C(CC)Nc1cncc(-c2cnc3n[nH]c(-c4cc5c(-c6cccs6)nccc5[nH]4)c3c2)c1. The van der Waals surface area contributed by atoms with Crippen LogP contribution in [0.2, 0.25) is 0 Å². The van der Waals surface area contributed by atoms with Crippen molar-refractivity contribution >= 4 is 39.0 Å². The summed E-state index contributed by atoms with van der Waals surface area (Å²) in [6.07, 6.45) is 8.15. The predicted octanol–water partition coefficient (Wildman–Crippen LogP) is 6.63. The maximum atomic E-state index is 4.63. The van der Waals surface area contributed by atoms with Crippen molar-refractivity contribution in [2.75, 3.05) is 5.32 Å². The van der Waals surface area contributed by atoms with Crippen molar-refractivity contribution < 1.29 is 0 Å². The molecule has 8 heteroatoms. The molecule has 0 atom stereocenters. The topological polar surface area (TPSA) is 95.2 Å². The molecule has 0 aromatic carbocycles. The molecule has 7 nitrogen and oxygen atoms in total. The van der Waals surface area contributed by atoms with Crippen molar-refractivity contribution in [1.82, 2.24) is 30.1 Å². The first-order valence-corrected chi connectivity index (χ1v) is 11.8. The molecule has 0 spiro atoms. The first-order chi connectivity index (χ1) is 16.7. The molecule has 3 N–H and O–H groups in total. The lowest BCUT2D eigenvalue weighted by Crippen LogP contribution is -1.97. The zero-order valence-corrected chi connectivity index (χ0v) is 19.3. The number of anilines is 1. The average molecular weight is 464 g/mol. The molecule has 0 aliphatic carbocycles. The molecule has 6 rings (SSSR count). The highest BCUT2D eigenvalue weighted by Crippen LogP contribution is 2.35. The summed E-state index contributed by atoms with van der Waals surface area (Å²) < 4.78 is 0. The Morgan fingerprint density at radius 3 is 2.82 bits per heavy atom. The molecule has 6 heterocycles. The van der Waals surface area contributed by atoms with E-state index in [2.05, 4.69) is 78.6 Å². The predicted molar refractivity (Wildman–Crippen MR) is 139 cm³/mol. The van der Waals surface area contributed by atoms with Crippen molar-refractivity contribution in [2.45, 2.75) is 13.3 Å². The highest BCUT2D eigenvalue weighted by Gasteiger charge is 2.15. The molecule has 0 saturated heterocycles. The number of hydrogen-bond donors (Lipinski definition) is 3. The fraction of sp³-hybridized carbons (Fsp3) is 0.0769. The smallest absolute Gasteiger partial charge is 0.181 e. The van der Waals surface area contributed by atoms with Crippen molar-refractivity contribution in [3.63, 3.8) is 0 Å². The molecule has 0 bridgehead atoms. The fourth-order valence-electron chi connectivity index (χ4n) is 4.02. The molecule has 0 unspecified atom stereocenters. The number of aromatic nitrogens is 6. The van der Waals surface area contributed by atoms with E-state index in [1.165, 1.54) is 0 Å². The second kappa shape index (κ2) is 8.24. The number of thiophene rings is 1. The Morgan fingerprint density at radius 2 is 1.97 bits per heavy atom. The molecular formula is C26H21N7S. The number of pyridine rings is 3. The van der Waals surface area contributed by atoms with Gasteiger partial charge in [0.2, 0.25) is 0 Å². The van der Waals surface area contributed by atoms with E-state index in [-0.39, 0.29) is 0 Å². The minimum atomic E-state index is 0.663. The van der Waals surface area contributed by atoms with Crippen molar-refractivity contribution in [1.29, 1.82) is 0 Å². The highest BCUT2D eigenvalue weighted by molar-refractivity contribution is 7.13. The van der Waals surface area contributed by atoms with Crippen LogP contribution in [0.5, 0.6) is 0 Å². The molecular weight excluding hydrogens is 442 g/mol. The summed E-state index contributed by atoms with van der Waals surface area (Å²) in [7, 11) is 0. The Morgan fingerprint density at radius 1 is 1.06 bits per heavy atom. The third kappa shape index (κ3) is 3.54. The third-order valence-electron chi connectivity index (χ3n) is 5.80. The number of nitrogens with zero attached hydrogens (tertiary/aromatic N) is 4. The lowest BCUT2D eigenvalue weighted by Gasteiger charge is -2.09. The highest BCUT2D eigenvalue weighted by atomic mass is 32.1. The van der Waals surface area contributed by atoms with E-state index >= 15 is 0 Å². The lowest BCUT2D eigenvalue weighted by atomic mass is 10.1. The van der Waals surface area contributed by atoms with Gasteiger partial charge in [-0.1, -0.05) is 19.6 Å². The molecule has 166 valence electrons. The minimum absolute atomic E-state index is 0.663. The van der Waals surface area contributed by atoms with Gasteiger partial charge in [0.15, 0.2) is 5.65 Å². The quantitative estimate of drug-likeness (QED) is 0.258. The molecule has 0 aliphatic heterocycles. The van der Waals surface area contributed by atoms with Gasteiger partial charge in [-0.15, -0.1) is 11.3 Å². The Balaban J connectivity index is 1.43. The van der Waals surface area contributed by atoms with Gasteiger partial charge in [-0.2, -0.15) is 5.10 Å². The maximum absolute atomic E-state index is 4.63. The second-order valence-electron chi connectivity index (χ2n) is 8.02. The van der Waals surface area contributed by atoms with Gasteiger partial charge in [-0.3, -0.25) is 15.1 Å². The fourth-order valence-corrected chi connectivity index (χ4v) is 4.75. The second-order valence-corrected chi connectivity index (χ2v) is 8.97.